The summed E-state index contributed by atoms with van der Waals surface area (Å²) in [5, 5.41) is 0. The van der Waals surface area contributed by atoms with Crippen LogP contribution in [0, 0.1) is 0 Å². The van der Waals surface area contributed by atoms with Gasteiger partial charge >= 0.3 is 5.97 Å². The number of esters is 1. The van der Waals surface area contributed by atoms with Crippen LogP contribution in [0.25, 0.3) is 0 Å². The van der Waals surface area contributed by atoms with Gasteiger partial charge in [0, 0.05) is 22.5 Å². The number of nitrogens with zero attached hydrogens (tertiary/aromatic N) is 1. The normalized spacial score (nSPS) is 20.2. The van der Waals surface area contributed by atoms with Gasteiger partial charge in [0.2, 0.25) is 5.91 Å². The van der Waals surface area contributed by atoms with E-state index in [1.807, 2.05) is 54.6 Å². The van der Waals surface area contributed by atoms with Gasteiger partial charge in [0.15, 0.2) is 0 Å². The molecule has 2 aliphatic rings. The summed E-state index contributed by atoms with van der Waals surface area (Å²) in [5.74, 6) is -0.591. The topological polar surface area (TPSA) is 46.6 Å². The van der Waals surface area contributed by atoms with Gasteiger partial charge in [-0.3, -0.25) is 9.69 Å². The standard InChI is InChI=1S/C19H14BrNO3/c20-13-6-8-14(9-7-13)21-16-11-24-19(23)18(16)15(10-17(21)22)12-4-2-1-3-5-12/h1-9,15H,10-11H2/t15-/m0/s1. The van der Waals surface area contributed by atoms with Crippen molar-refractivity contribution in [1.29, 1.82) is 0 Å². The van der Waals surface area contributed by atoms with Crippen LogP contribution in [-0.4, -0.2) is 18.5 Å². The largest absolute Gasteiger partial charge is 0.456 e. The van der Waals surface area contributed by atoms with Crippen molar-refractivity contribution in [3.8, 4) is 0 Å². The van der Waals surface area contributed by atoms with Crippen molar-refractivity contribution in [2.24, 2.45) is 0 Å². The summed E-state index contributed by atoms with van der Waals surface area (Å²) >= 11 is 3.40. The van der Waals surface area contributed by atoms with E-state index in [1.54, 1.807) is 4.90 Å². The van der Waals surface area contributed by atoms with Gasteiger partial charge < -0.3 is 4.74 Å². The van der Waals surface area contributed by atoms with Crippen LogP contribution in [0.1, 0.15) is 17.9 Å². The minimum Gasteiger partial charge on any atom is -0.456 e. The molecule has 24 heavy (non-hydrogen) atoms. The number of benzene rings is 2. The Morgan fingerprint density at radius 1 is 1.00 bits per heavy atom. The number of amides is 1. The van der Waals surface area contributed by atoms with Gasteiger partial charge in [-0.25, -0.2) is 4.79 Å². The van der Waals surface area contributed by atoms with E-state index in [4.69, 9.17) is 4.74 Å². The maximum absolute atomic E-state index is 12.8. The van der Waals surface area contributed by atoms with Gasteiger partial charge in [-0.2, -0.15) is 0 Å². The quantitative estimate of drug-likeness (QED) is 0.741. The van der Waals surface area contributed by atoms with Gasteiger partial charge in [0.25, 0.3) is 0 Å². The van der Waals surface area contributed by atoms with Crippen molar-refractivity contribution < 1.29 is 14.3 Å². The molecule has 0 saturated carbocycles. The number of carbonyl (C=O) groups excluding carboxylic acids is 2. The molecule has 0 radical (unpaired) electrons. The molecular weight excluding hydrogens is 370 g/mol. The molecule has 0 aromatic heterocycles. The summed E-state index contributed by atoms with van der Waals surface area (Å²) < 4.78 is 6.20. The van der Waals surface area contributed by atoms with E-state index in [0.29, 0.717) is 11.3 Å². The minimum atomic E-state index is -0.325. The lowest BCUT2D eigenvalue weighted by molar-refractivity contribution is -0.136. The Hall–Kier alpha value is -2.40. The average molecular weight is 384 g/mol. The summed E-state index contributed by atoms with van der Waals surface area (Å²) in [4.78, 5) is 26.7. The molecule has 2 heterocycles. The lowest BCUT2D eigenvalue weighted by Crippen LogP contribution is -2.37. The van der Waals surface area contributed by atoms with Gasteiger partial charge in [0.1, 0.15) is 6.61 Å². The van der Waals surface area contributed by atoms with E-state index in [2.05, 4.69) is 15.9 Å². The lowest BCUT2D eigenvalue weighted by Gasteiger charge is -2.31. The first-order valence-electron chi connectivity index (χ1n) is 7.69. The van der Waals surface area contributed by atoms with Gasteiger partial charge in [-0.05, 0) is 29.8 Å². The van der Waals surface area contributed by atoms with E-state index < -0.39 is 0 Å². The molecule has 0 spiro atoms. The Morgan fingerprint density at radius 3 is 2.42 bits per heavy atom. The van der Waals surface area contributed by atoms with Crippen molar-refractivity contribution in [2.45, 2.75) is 12.3 Å². The molecule has 120 valence electrons. The second-order valence-electron chi connectivity index (χ2n) is 5.81. The third kappa shape index (κ3) is 2.45. The summed E-state index contributed by atoms with van der Waals surface area (Å²) in [6, 6.07) is 17.1. The Kier molecular flexibility index (Phi) is 3.73. The third-order valence-corrected chi connectivity index (χ3v) is 4.93. The minimum absolute atomic E-state index is 0.0248. The lowest BCUT2D eigenvalue weighted by atomic mass is 9.84. The summed E-state index contributed by atoms with van der Waals surface area (Å²) in [6.45, 7) is 0.138. The first-order valence-corrected chi connectivity index (χ1v) is 8.48. The maximum Gasteiger partial charge on any atom is 0.336 e. The highest BCUT2D eigenvalue weighted by atomic mass is 79.9. The van der Waals surface area contributed by atoms with Crippen molar-refractivity contribution in [2.75, 3.05) is 11.5 Å². The molecule has 0 aliphatic carbocycles. The molecule has 4 rings (SSSR count). The highest BCUT2D eigenvalue weighted by molar-refractivity contribution is 9.10. The summed E-state index contributed by atoms with van der Waals surface area (Å²) in [7, 11) is 0. The number of hydrogen-bond acceptors (Lipinski definition) is 3. The third-order valence-electron chi connectivity index (χ3n) is 4.40. The van der Waals surface area contributed by atoms with Crippen molar-refractivity contribution in [1.82, 2.24) is 0 Å². The number of ether oxygens (including phenoxy) is 1. The number of rotatable bonds is 2. The number of hydrogen-bond donors (Lipinski definition) is 0. The Bertz CT molecular complexity index is 843. The molecule has 0 bridgehead atoms. The van der Waals surface area contributed by atoms with E-state index >= 15 is 0 Å². The zero-order valence-corrected chi connectivity index (χ0v) is 14.3. The maximum atomic E-state index is 12.8. The zero-order chi connectivity index (χ0) is 16.7. The van der Waals surface area contributed by atoms with E-state index in [-0.39, 0.29) is 30.8 Å². The molecule has 2 aromatic carbocycles. The number of cyclic esters (lactones) is 1. The van der Waals surface area contributed by atoms with Gasteiger partial charge in [0.05, 0.1) is 11.3 Å². The molecule has 1 amide bonds. The van der Waals surface area contributed by atoms with Crippen LogP contribution in [0.3, 0.4) is 0 Å². The van der Waals surface area contributed by atoms with Crippen LogP contribution in [0.15, 0.2) is 70.3 Å². The molecule has 1 atom stereocenters. The second-order valence-corrected chi connectivity index (χ2v) is 6.73. The highest BCUT2D eigenvalue weighted by Gasteiger charge is 2.42. The van der Waals surface area contributed by atoms with Crippen LogP contribution >= 0.6 is 15.9 Å². The summed E-state index contributed by atoms with van der Waals surface area (Å²) in [5.41, 5.74) is 2.98. The van der Waals surface area contributed by atoms with Crippen LogP contribution < -0.4 is 4.90 Å². The highest BCUT2D eigenvalue weighted by Crippen LogP contribution is 2.41. The van der Waals surface area contributed by atoms with E-state index in [0.717, 1.165) is 15.7 Å². The molecule has 5 heteroatoms. The van der Waals surface area contributed by atoms with E-state index in [1.165, 1.54) is 0 Å². The number of anilines is 1. The van der Waals surface area contributed by atoms with Crippen molar-refractivity contribution in [3.63, 3.8) is 0 Å². The van der Waals surface area contributed by atoms with Crippen molar-refractivity contribution in [3.05, 3.63) is 75.9 Å². The summed E-state index contributed by atoms with van der Waals surface area (Å²) in [6.07, 6.45) is 0.258. The molecule has 2 aliphatic heterocycles. The first-order chi connectivity index (χ1) is 11.6. The first kappa shape index (κ1) is 15.1. The van der Waals surface area contributed by atoms with E-state index in [9.17, 15) is 9.59 Å². The van der Waals surface area contributed by atoms with Crippen LogP contribution in [0.2, 0.25) is 0 Å². The van der Waals surface area contributed by atoms with Crippen LogP contribution in [-0.2, 0) is 14.3 Å². The second kappa shape index (κ2) is 5.91. The van der Waals surface area contributed by atoms with Crippen LogP contribution in [0.5, 0.6) is 0 Å². The SMILES string of the molecule is O=C1OCC2=C1[C@H](c1ccccc1)CC(=O)N2c1ccc(Br)cc1. The number of carbonyl (C=O) groups is 2. The van der Waals surface area contributed by atoms with Crippen molar-refractivity contribution >= 4 is 33.5 Å². The van der Waals surface area contributed by atoms with Gasteiger partial charge in [-0.1, -0.05) is 46.3 Å². The van der Waals surface area contributed by atoms with Crippen LogP contribution in [0.4, 0.5) is 5.69 Å². The van der Waals surface area contributed by atoms with Gasteiger partial charge in [-0.15, -0.1) is 0 Å². The molecule has 0 saturated heterocycles. The fourth-order valence-electron chi connectivity index (χ4n) is 3.31. The Morgan fingerprint density at radius 2 is 1.71 bits per heavy atom. The monoisotopic (exact) mass is 383 g/mol. The average Bonchev–Trinajstić information content (AvgIpc) is 2.98. The predicted molar refractivity (Wildman–Crippen MR) is 93.4 cm³/mol. The molecule has 4 nitrogen and oxygen atoms in total. The molecule has 2 aromatic rings. The Labute approximate surface area is 147 Å². The molecular formula is C19H14BrNO3. The predicted octanol–water partition coefficient (Wildman–Crippen LogP) is 3.78. The zero-order valence-electron chi connectivity index (χ0n) is 12.7. The smallest absolute Gasteiger partial charge is 0.336 e. The molecule has 0 N–H and O–H groups in total. The Balaban J connectivity index is 1.83. The molecule has 0 unspecified atom stereocenters. The fraction of sp³-hybridized carbons (Fsp3) is 0.158. The number of halogens is 1. The fourth-order valence-corrected chi connectivity index (χ4v) is 3.58. The molecule has 0 fully saturated rings.